The molecule has 23 heavy (non-hydrogen) atoms. The second-order valence-electron chi connectivity index (χ2n) is 5.47. The lowest BCUT2D eigenvalue weighted by atomic mass is 10.1. The molecule has 2 aromatic heterocycles. The number of hydrogen-bond donors (Lipinski definition) is 0. The van der Waals surface area contributed by atoms with E-state index in [4.69, 9.17) is 0 Å². The van der Waals surface area contributed by atoms with Crippen molar-refractivity contribution in [3.63, 3.8) is 0 Å². The molecule has 0 unspecified atom stereocenters. The number of nitrogens with zero attached hydrogens (tertiary/aromatic N) is 5. The van der Waals surface area contributed by atoms with Gasteiger partial charge in [0.1, 0.15) is 12.2 Å². The van der Waals surface area contributed by atoms with Crippen molar-refractivity contribution >= 4 is 5.78 Å². The fourth-order valence-corrected chi connectivity index (χ4v) is 2.58. The van der Waals surface area contributed by atoms with E-state index in [1.54, 1.807) is 9.31 Å². The smallest absolute Gasteiger partial charge is 0.0999 e. The predicted molar refractivity (Wildman–Crippen MR) is 86.7 cm³/mol. The number of aryl methyl sites for hydroxylation is 1. The summed E-state index contributed by atoms with van der Waals surface area (Å²) in [5, 5.41) is 9.01. The minimum Gasteiger partial charge on any atom is -0.0999 e. The van der Waals surface area contributed by atoms with Gasteiger partial charge in [-0.25, -0.2) is 0 Å². The number of fused-ring (bicyclic) bond motifs is 1. The Hall–Kier alpha value is -3.08. The average molecular weight is 302 g/mol. The summed E-state index contributed by atoms with van der Waals surface area (Å²) >= 11 is 0. The summed E-state index contributed by atoms with van der Waals surface area (Å²) in [6.07, 6.45) is 0. The third kappa shape index (κ3) is 2.68. The molecule has 0 aliphatic carbocycles. The molecule has 0 aliphatic rings. The normalized spacial score (nSPS) is 11.0. The molecule has 0 bridgehead atoms. The highest BCUT2D eigenvalue weighted by Gasteiger charge is 2.17. The van der Waals surface area contributed by atoms with Crippen LogP contribution in [0.1, 0.15) is 11.3 Å². The molecule has 4 rings (SSSR count). The van der Waals surface area contributed by atoms with Crippen LogP contribution in [0, 0.1) is 6.92 Å². The van der Waals surface area contributed by atoms with Crippen LogP contribution in [0.25, 0.3) is 17.0 Å². The summed E-state index contributed by atoms with van der Waals surface area (Å²) in [4.78, 5) is 6.32. The van der Waals surface area contributed by atoms with Crippen LogP contribution in [0.2, 0.25) is 0 Å². The Kier molecular flexibility index (Phi) is 3.31. The third-order valence-corrected chi connectivity index (χ3v) is 3.72. The van der Waals surface area contributed by atoms with Crippen molar-refractivity contribution in [1.29, 1.82) is 0 Å². The maximum Gasteiger partial charge on any atom is 0.440 e. The number of hydrogen-bond acceptors (Lipinski definition) is 3. The lowest BCUT2D eigenvalue weighted by molar-refractivity contribution is -0.593. The molecule has 0 amide bonds. The van der Waals surface area contributed by atoms with Gasteiger partial charge in [-0.05, 0) is 17.3 Å². The molecule has 4 aromatic rings. The third-order valence-electron chi connectivity index (χ3n) is 3.72. The number of benzene rings is 2. The van der Waals surface area contributed by atoms with Crippen molar-refractivity contribution in [2.24, 2.45) is 0 Å². The van der Waals surface area contributed by atoms with E-state index < -0.39 is 0 Å². The molecule has 0 N–H and O–H groups in total. The van der Waals surface area contributed by atoms with Crippen LogP contribution in [-0.2, 0) is 6.54 Å². The molecular weight excluding hydrogens is 286 g/mol. The second kappa shape index (κ2) is 5.61. The highest BCUT2D eigenvalue weighted by atomic mass is 15.6. The monoisotopic (exact) mass is 302 g/mol. The van der Waals surface area contributed by atoms with Crippen LogP contribution in [0.5, 0.6) is 0 Å². The molecular formula is C18H16N5+. The van der Waals surface area contributed by atoms with Gasteiger partial charge in [-0.3, -0.25) is 0 Å². The zero-order chi connectivity index (χ0) is 15.6. The summed E-state index contributed by atoms with van der Waals surface area (Å²) in [5.41, 5.74) is 4.16. The van der Waals surface area contributed by atoms with Crippen LogP contribution in [0.15, 0.2) is 66.7 Å². The van der Waals surface area contributed by atoms with E-state index in [1.807, 2.05) is 61.5 Å². The van der Waals surface area contributed by atoms with Crippen LogP contribution in [-0.4, -0.2) is 20.1 Å². The second-order valence-corrected chi connectivity index (χ2v) is 5.47. The van der Waals surface area contributed by atoms with Crippen molar-refractivity contribution in [1.82, 2.24) is 20.1 Å². The van der Waals surface area contributed by atoms with Gasteiger partial charge in [-0.2, -0.15) is 0 Å². The van der Waals surface area contributed by atoms with Crippen molar-refractivity contribution in [2.45, 2.75) is 13.5 Å². The molecule has 2 heterocycles. The van der Waals surface area contributed by atoms with E-state index in [0.717, 1.165) is 22.5 Å². The van der Waals surface area contributed by atoms with Gasteiger partial charge in [-0.15, -0.1) is 0 Å². The van der Waals surface area contributed by atoms with Gasteiger partial charge in [0.15, 0.2) is 0 Å². The Labute approximate surface area is 133 Å². The summed E-state index contributed by atoms with van der Waals surface area (Å²) in [6.45, 7) is 2.65. The lowest BCUT2D eigenvalue weighted by Gasteiger charge is -1.97. The molecule has 0 fully saturated rings. The Morgan fingerprint density at radius 3 is 2.39 bits per heavy atom. The molecule has 0 atom stereocenters. The van der Waals surface area contributed by atoms with Gasteiger partial charge in [0.2, 0.25) is 0 Å². The maximum absolute atomic E-state index is 4.64. The van der Waals surface area contributed by atoms with Crippen molar-refractivity contribution in [2.75, 3.05) is 0 Å². The van der Waals surface area contributed by atoms with E-state index in [2.05, 4.69) is 27.4 Å². The molecule has 0 spiro atoms. The first-order chi connectivity index (χ1) is 11.3. The van der Waals surface area contributed by atoms with E-state index in [0.29, 0.717) is 12.3 Å². The zero-order valence-corrected chi connectivity index (χ0v) is 12.8. The summed E-state index contributed by atoms with van der Waals surface area (Å²) < 4.78 is 1.77. The Morgan fingerprint density at radius 1 is 0.957 bits per heavy atom. The number of tetrazole rings is 1. The van der Waals surface area contributed by atoms with Gasteiger partial charge in [-0.1, -0.05) is 70.2 Å². The van der Waals surface area contributed by atoms with E-state index in [-0.39, 0.29) is 0 Å². The molecule has 5 heteroatoms. The highest BCUT2D eigenvalue weighted by Crippen LogP contribution is 2.16. The van der Waals surface area contributed by atoms with E-state index >= 15 is 0 Å². The number of aromatic nitrogens is 5. The molecule has 112 valence electrons. The fraction of sp³-hybridized carbons (Fsp3) is 0.111. The van der Waals surface area contributed by atoms with Crippen LogP contribution in [0.3, 0.4) is 0 Å². The van der Waals surface area contributed by atoms with Gasteiger partial charge >= 0.3 is 5.78 Å². The fourth-order valence-electron chi connectivity index (χ4n) is 2.58. The topological polar surface area (TPSA) is 47.7 Å². The standard InChI is InChI=1S/C18H16N5/c1-14-12-17(16-10-6-3-7-11-16)19-18-20-22(21-23(14)18)13-15-8-4-2-5-9-15/h2-12H,13H2,1H3/q+1. The molecule has 0 saturated heterocycles. The number of rotatable bonds is 3. The SMILES string of the molecule is Cc1cc(-c2ccccc2)nc2nn(Cc3ccccc3)n[n+]12. The quantitative estimate of drug-likeness (QED) is 0.546. The van der Waals surface area contributed by atoms with Crippen molar-refractivity contribution < 1.29 is 4.52 Å². The largest absolute Gasteiger partial charge is 0.440 e. The van der Waals surface area contributed by atoms with Crippen molar-refractivity contribution in [3.05, 3.63) is 78.0 Å². The summed E-state index contributed by atoms with van der Waals surface area (Å²) in [7, 11) is 0. The van der Waals surface area contributed by atoms with Crippen LogP contribution in [0.4, 0.5) is 0 Å². The summed E-state index contributed by atoms with van der Waals surface area (Å²) in [5.74, 6) is 0.611. The first kappa shape index (κ1) is 13.6. The molecule has 0 aliphatic heterocycles. The zero-order valence-electron chi connectivity index (χ0n) is 12.8. The van der Waals surface area contributed by atoms with E-state index in [1.165, 1.54) is 0 Å². The maximum atomic E-state index is 4.64. The Bertz CT molecular complexity index is 945. The molecule has 2 aromatic carbocycles. The van der Waals surface area contributed by atoms with Gasteiger partial charge in [0.05, 0.1) is 10.8 Å². The van der Waals surface area contributed by atoms with E-state index in [9.17, 15) is 0 Å². The van der Waals surface area contributed by atoms with Crippen LogP contribution < -0.4 is 4.52 Å². The average Bonchev–Trinajstić information content (AvgIpc) is 2.99. The van der Waals surface area contributed by atoms with Crippen LogP contribution >= 0.6 is 0 Å². The predicted octanol–water partition coefficient (Wildman–Crippen LogP) is 2.44. The first-order valence-electron chi connectivity index (χ1n) is 7.54. The molecule has 5 nitrogen and oxygen atoms in total. The first-order valence-corrected chi connectivity index (χ1v) is 7.54. The lowest BCUT2D eigenvalue weighted by Crippen LogP contribution is -2.29. The summed E-state index contributed by atoms with van der Waals surface area (Å²) in [6, 6.07) is 22.3. The van der Waals surface area contributed by atoms with Gasteiger partial charge < -0.3 is 0 Å². The Morgan fingerprint density at radius 2 is 1.65 bits per heavy atom. The van der Waals surface area contributed by atoms with Gasteiger partial charge in [0.25, 0.3) is 0 Å². The minimum absolute atomic E-state index is 0.611. The molecule has 0 radical (unpaired) electrons. The Balaban J connectivity index is 1.75. The molecule has 0 saturated carbocycles. The van der Waals surface area contributed by atoms with Crippen molar-refractivity contribution in [3.8, 4) is 11.3 Å². The van der Waals surface area contributed by atoms with Gasteiger partial charge in [0, 0.05) is 16.8 Å². The minimum atomic E-state index is 0.611. The highest BCUT2D eigenvalue weighted by molar-refractivity contribution is 5.59.